The lowest BCUT2D eigenvalue weighted by atomic mass is 9.89. The Morgan fingerprint density at radius 1 is 1.12 bits per heavy atom. The quantitative estimate of drug-likeness (QED) is 0.535. The Kier molecular flexibility index (Phi) is 6.64. The molecule has 0 bridgehead atoms. The van der Waals surface area contributed by atoms with Gasteiger partial charge in [0.1, 0.15) is 11.6 Å². The minimum absolute atomic E-state index is 0.107. The van der Waals surface area contributed by atoms with Gasteiger partial charge in [-0.25, -0.2) is 17.7 Å². The fraction of sp³-hybridized carbons (Fsp3) is 0.250. The first kappa shape index (κ1) is 23.2. The first-order valence-corrected chi connectivity index (χ1v) is 11.6. The first-order chi connectivity index (χ1) is 15.8. The number of nitrogens with zero attached hydrogens (tertiary/aromatic N) is 2. The fourth-order valence-corrected chi connectivity index (χ4v) is 4.37. The van der Waals surface area contributed by atoms with E-state index in [4.69, 9.17) is 9.55 Å². The van der Waals surface area contributed by atoms with Crippen LogP contribution in [-0.2, 0) is 24.7 Å². The van der Waals surface area contributed by atoms with Crippen LogP contribution >= 0.6 is 0 Å². The molecule has 0 aliphatic carbocycles. The van der Waals surface area contributed by atoms with Crippen LogP contribution < -0.4 is 10.3 Å². The van der Waals surface area contributed by atoms with Crippen molar-refractivity contribution in [1.29, 1.82) is 0 Å². The summed E-state index contributed by atoms with van der Waals surface area (Å²) in [6.45, 7) is 2.07. The molecular weight excluding hydrogens is 448 g/mol. The van der Waals surface area contributed by atoms with Gasteiger partial charge in [0.05, 0.1) is 11.8 Å². The number of hydrogen-bond donors (Lipinski definition) is 2. The SMILES string of the molecule is CC[C@@H]1N=C(c2ccc(F)cc2)c2cc(F)c(CCNS(=O)O)cc2-c2cn(C)c(=O)cc21. The highest BCUT2D eigenvalue weighted by Gasteiger charge is 2.26. The Balaban J connectivity index is 1.97. The number of aryl methyl sites for hydroxylation is 1. The van der Waals surface area contributed by atoms with Gasteiger partial charge in [-0.1, -0.05) is 6.92 Å². The third kappa shape index (κ3) is 4.71. The molecular formula is C24H23F2N3O3S. The van der Waals surface area contributed by atoms with Crippen LogP contribution in [0, 0.1) is 11.6 Å². The summed E-state index contributed by atoms with van der Waals surface area (Å²) in [5.74, 6) is -0.864. The van der Waals surface area contributed by atoms with E-state index in [0.29, 0.717) is 34.4 Å². The third-order valence-corrected chi connectivity index (χ3v) is 6.21. The van der Waals surface area contributed by atoms with Gasteiger partial charge in [0.15, 0.2) is 0 Å². The van der Waals surface area contributed by atoms with Gasteiger partial charge in [-0.3, -0.25) is 14.3 Å². The average molecular weight is 472 g/mol. The number of aliphatic imine (C=N–C) groups is 1. The van der Waals surface area contributed by atoms with Crippen LogP contribution in [0.15, 0.2) is 58.4 Å². The molecule has 6 nitrogen and oxygen atoms in total. The molecule has 9 heteroatoms. The molecule has 2 N–H and O–H groups in total. The maximum atomic E-state index is 15.1. The summed E-state index contributed by atoms with van der Waals surface area (Å²) in [5.41, 5.74) is 4.08. The minimum atomic E-state index is -2.19. The van der Waals surface area contributed by atoms with Gasteiger partial charge in [-0.2, -0.15) is 0 Å². The second-order valence-electron chi connectivity index (χ2n) is 7.88. The van der Waals surface area contributed by atoms with Crippen molar-refractivity contribution in [2.45, 2.75) is 25.8 Å². The molecule has 0 radical (unpaired) electrons. The molecule has 1 aliphatic heterocycles. The molecule has 2 heterocycles. The maximum absolute atomic E-state index is 15.1. The van der Waals surface area contributed by atoms with Crippen molar-refractivity contribution >= 4 is 17.0 Å². The molecule has 2 atom stereocenters. The normalized spacial score (nSPS) is 15.9. The van der Waals surface area contributed by atoms with E-state index in [9.17, 15) is 13.4 Å². The monoisotopic (exact) mass is 471 g/mol. The first-order valence-electron chi connectivity index (χ1n) is 10.5. The predicted molar refractivity (Wildman–Crippen MR) is 125 cm³/mol. The van der Waals surface area contributed by atoms with E-state index in [1.807, 2.05) is 6.92 Å². The van der Waals surface area contributed by atoms with Crippen LogP contribution in [0.2, 0.25) is 0 Å². The van der Waals surface area contributed by atoms with E-state index < -0.39 is 17.1 Å². The van der Waals surface area contributed by atoms with E-state index in [2.05, 4.69) is 4.72 Å². The van der Waals surface area contributed by atoms with Gasteiger partial charge in [-0.15, -0.1) is 0 Å². The second-order valence-corrected chi connectivity index (χ2v) is 8.67. The maximum Gasteiger partial charge on any atom is 0.250 e. The van der Waals surface area contributed by atoms with Crippen LogP contribution in [0.4, 0.5) is 8.78 Å². The molecule has 172 valence electrons. The third-order valence-electron chi connectivity index (χ3n) is 5.76. The number of hydrogen-bond acceptors (Lipinski definition) is 3. The van der Waals surface area contributed by atoms with Crippen molar-refractivity contribution < 1.29 is 17.5 Å². The van der Waals surface area contributed by atoms with Crippen molar-refractivity contribution in [3.63, 3.8) is 0 Å². The molecule has 0 saturated heterocycles. The van der Waals surface area contributed by atoms with Crippen LogP contribution in [-0.4, -0.2) is 25.6 Å². The molecule has 0 fully saturated rings. The highest BCUT2D eigenvalue weighted by atomic mass is 32.2. The number of benzene rings is 2. The average Bonchev–Trinajstić information content (AvgIpc) is 2.89. The highest BCUT2D eigenvalue weighted by Crippen LogP contribution is 2.39. The molecule has 2 aromatic carbocycles. The van der Waals surface area contributed by atoms with Crippen LogP contribution in [0.5, 0.6) is 0 Å². The van der Waals surface area contributed by atoms with Crippen molar-refractivity contribution in [3.8, 4) is 11.1 Å². The lowest BCUT2D eigenvalue weighted by Gasteiger charge is -2.16. The van der Waals surface area contributed by atoms with E-state index in [1.54, 1.807) is 37.5 Å². The van der Waals surface area contributed by atoms with Crippen molar-refractivity contribution in [2.24, 2.45) is 12.0 Å². The number of nitrogens with one attached hydrogen (secondary N) is 1. The number of aromatic nitrogens is 1. The molecule has 0 saturated carbocycles. The van der Waals surface area contributed by atoms with E-state index >= 15 is 4.39 Å². The summed E-state index contributed by atoms with van der Waals surface area (Å²) in [5, 5.41) is 0. The Morgan fingerprint density at radius 2 is 1.85 bits per heavy atom. The number of fused-ring (bicyclic) bond motifs is 3. The zero-order chi connectivity index (χ0) is 23.7. The lowest BCUT2D eigenvalue weighted by Crippen LogP contribution is -2.20. The molecule has 0 spiro atoms. The Morgan fingerprint density at radius 3 is 2.52 bits per heavy atom. The van der Waals surface area contributed by atoms with E-state index in [-0.39, 0.29) is 30.4 Å². The van der Waals surface area contributed by atoms with E-state index in [1.165, 1.54) is 22.8 Å². The molecule has 0 amide bonds. The summed E-state index contributed by atoms with van der Waals surface area (Å²) < 4.78 is 52.4. The predicted octanol–water partition coefficient (Wildman–Crippen LogP) is 3.90. The van der Waals surface area contributed by atoms with Crippen LogP contribution in [0.1, 0.15) is 41.6 Å². The zero-order valence-corrected chi connectivity index (χ0v) is 19.0. The van der Waals surface area contributed by atoms with Crippen molar-refractivity contribution in [2.75, 3.05) is 6.54 Å². The Hall–Kier alpha value is -3.01. The lowest BCUT2D eigenvalue weighted by molar-refractivity contribution is 0.547. The van der Waals surface area contributed by atoms with Crippen molar-refractivity contribution in [3.05, 3.63) is 92.9 Å². The van der Waals surface area contributed by atoms with Crippen molar-refractivity contribution in [1.82, 2.24) is 9.29 Å². The van der Waals surface area contributed by atoms with E-state index in [0.717, 1.165) is 11.1 Å². The van der Waals surface area contributed by atoms with Crippen LogP contribution in [0.25, 0.3) is 11.1 Å². The summed E-state index contributed by atoms with van der Waals surface area (Å²) >= 11 is -2.19. The van der Waals surface area contributed by atoms with Gasteiger partial charge in [0, 0.05) is 42.5 Å². The Bertz CT molecular complexity index is 1320. The topological polar surface area (TPSA) is 83.7 Å². The summed E-state index contributed by atoms with van der Waals surface area (Å²) in [6.07, 6.45) is 2.53. The molecule has 33 heavy (non-hydrogen) atoms. The van der Waals surface area contributed by atoms with Gasteiger partial charge in [0.25, 0.3) is 5.56 Å². The van der Waals surface area contributed by atoms with Gasteiger partial charge in [-0.05, 0) is 65.9 Å². The molecule has 3 aromatic rings. The molecule has 1 aromatic heterocycles. The number of rotatable bonds is 6. The van der Waals surface area contributed by atoms with Crippen LogP contribution in [0.3, 0.4) is 0 Å². The molecule has 1 unspecified atom stereocenters. The van der Waals surface area contributed by atoms with Gasteiger partial charge < -0.3 is 4.57 Å². The minimum Gasteiger partial charge on any atom is -0.318 e. The van der Waals surface area contributed by atoms with Gasteiger partial charge >= 0.3 is 0 Å². The summed E-state index contributed by atoms with van der Waals surface area (Å²) in [4.78, 5) is 17.3. The van der Waals surface area contributed by atoms with Gasteiger partial charge in [0.2, 0.25) is 11.3 Å². The zero-order valence-electron chi connectivity index (χ0n) is 18.1. The standard InChI is InChI=1S/C24H23F2N3O3S/c1-3-22-18-12-23(30)29(2)13-20(18)17-10-15(8-9-27-33(31)32)21(26)11-19(17)24(28-22)14-4-6-16(25)7-5-14/h4-7,10-13,22,27H,3,8-9H2,1-2H3,(H,31,32)/t22-/m0/s1. The summed E-state index contributed by atoms with van der Waals surface area (Å²) in [6, 6.07) is 10.2. The fourth-order valence-electron chi connectivity index (χ4n) is 4.09. The second kappa shape index (κ2) is 9.46. The Labute approximate surface area is 192 Å². The number of pyridine rings is 1. The number of halogens is 2. The molecule has 4 rings (SSSR count). The smallest absolute Gasteiger partial charge is 0.250 e. The summed E-state index contributed by atoms with van der Waals surface area (Å²) in [7, 11) is 1.65. The highest BCUT2D eigenvalue weighted by molar-refractivity contribution is 7.77. The largest absolute Gasteiger partial charge is 0.318 e. The molecule has 1 aliphatic rings.